The fourth-order valence-corrected chi connectivity index (χ4v) is 2.84. The number of rotatable bonds is 5. The molecule has 3 rings (SSSR count). The van der Waals surface area contributed by atoms with Crippen LogP contribution in [-0.4, -0.2) is 23.8 Å². The van der Waals surface area contributed by atoms with Crippen LogP contribution in [0.4, 0.5) is 0 Å². The first-order valence-electron chi connectivity index (χ1n) is 8.05. The molecule has 0 radical (unpaired) electrons. The van der Waals surface area contributed by atoms with Crippen LogP contribution in [0.25, 0.3) is 0 Å². The molecule has 1 saturated carbocycles. The highest BCUT2D eigenvalue weighted by Gasteiger charge is 2.59. The van der Waals surface area contributed by atoms with E-state index in [1.807, 2.05) is 74.5 Å². The van der Waals surface area contributed by atoms with E-state index in [0.717, 1.165) is 23.3 Å². The fraction of sp³-hybridized carbons (Fsp3) is 0.300. The predicted molar refractivity (Wildman–Crippen MR) is 91.7 cm³/mol. The summed E-state index contributed by atoms with van der Waals surface area (Å²) >= 11 is 0. The third kappa shape index (κ3) is 3.04. The maximum atomic E-state index is 12.4. The lowest BCUT2D eigenvalue weighted by molar-refractivity contribution is -0.146. The Kier molecular flexibility index (Phi) is 4.28. The maximum absolute atomic E-state index is 12.4. The smallest absolute Gasteiger partial charge is 0.334 e. The van der Waals surface area contributed by atoms with Gasteiger partial charge in [-0.2, -0.15) is 0 Å². The molecular weight excluding hydrogens is 286 g/mol. The standard InChI is InChI=1S/C20H21NO2/c1-3-23-19(22)20(14-15(20)2)21-18(16-10-6-4-7-11-16)17-12-8-5-9-13-17/h4-13,15H,3,14H2,1-2H3/t15-,20?/m0/s1. The lowest BCUT2D eigenvalue weighted by Crippen LogP contribution is -2.27. The Labute approximate surface area is 137 Å². The molecule has 1 aliphatic carbocycles. The molecule has 118 valence electrons. The van der Waals surface area contributed by atoms with Crippen molar-refractivity contribution in [3.05, 3.63) is 71.8 Å². The van der Waals surface area contributed by atoms with Gasteiger partial charge in [0.1, 0.15) is 0 Å². The zero-order valence-corrected chi connectivity index (χ0v) is 13.5. The highest BCUT2D eigenvalue weighted by molar-refractivity contribution is 6.14. The first-order valence-corrected chi connectivity index (χ1v) is 8.05. The molecule has 2 aromatic carbocycles. The lowest BCUT2D eigenvalue weighted by atomic mass is 10.0. The van der Waals surface area contributed by atoms with Crippen LogP contribution in [0.5, 0.6) is 0 Å². The lowest BCUT2D eigenvalue weighted by Gasteiger charge is -2.15. The largest absolute Gasteiger partial charge is 0.464 e. The van der Waals surface area contributed by atoms with Gasteiger partial charge in [-0.3, -0.25) is 4.99 Å². The van der Waals surface area contributed by atoms with E-state index in [1.165, 1.54) is 0 Å². The highest BCUT2D eigenvalue weighted by Crippen LogP contribution is 2.48. The van der Waals surface area contributed by atoms with Crippen LogP contribution in [0.15, 0.2) is 65.7 Å². The van der Waals surface area contributed by atoms with Gasteiger partial charge in [-0.1, -0.05) is 67.6 Å². The second kappa shape index (κ2) is 6.37. The molecule has 2 aromatic rings. The molecule has 3 nitrogen and oxygen atoms in total. The molecule has 0 heterocycles. The number of benzene rings is 2. The normalized spacial score (nSPS) is 22.3. The van der Waals surface area contributed by atoms with E-state index in [2.05, 4.69) is 0 Å². The summed E-state index contributed by atoms with van der Waals surface area (Å²) in [6.45, 7) is 4.26. The number of hydrogen-bond donors (Lipinski definition) is 0. The van der Waals surface area contributed by atoms with Gasteiger partial charge in [0, 0.05) is 11.1 Å². The summed E-state index contributed by atoms with van der Waals surface area (Å²) < 4.78 is 5.27. The van der Waals surface area contributed by atoms with E-state index < -0.39 is 5.54 Å². The van der Waals surface area contributed by atoms with Gasteiger partial charge in [0.25, 0.3) is 0 Å². The van der Waals surface area contributed by atoms with E-state index in [9.17, 15) is 4.79 Å². The van der Waals surface area contributed by atoms with Crippen molar-refractivity contribution in [3.8, 4) is 0 Å². The summed E-state index contributed by atoms with van der Waals surface area (Å²) in [5, 5.41) is 0. The predicted octanol–water partition coefficient (Wildman–Crippen LogP) is 3.87. The third-order valence-electron chi connectivity index (χ3n) is 4.31. The van der Waals surface area contributed by atoms with Crippen molar-refractivity contribution < 1.29 is 9.53 Å². The molecule has 0 aromatic heterocycles. The van der Waals surface area contributed by atoms with Crippen molar-refractivity contribution in [2.75, 3.05) is 6.61 Å². The number of esters is 1. The minimum absolute atomic E-state index is 0.211. The number of nitrogens with zero attached hydrogens (tertiary/aromatic N) is 1. The van der Waals surface area contributed by atoms with Crippen LogP contribution in [0.3, 0.4) is 0 Å². The molecule has 1 aliphatic rings. The Morgan fingerprint density at radius 3 is 1.96 bits per heavy atom. The van der Waals surface area contributed by atoms with Crippen molar-refractivity contribution in [2.45, 2.75) is 25.8 Å². The van der Waals surface area contributed by atoms with Crippen molar-refractivity contribution >= 4 is 11.7 Å². The molecule has 1 fully saturated rings. The van der Waals surface area contributed by atoms with Gasteiger partial charge in [0.05, 0.1) is 12.3 Å². The summed E-state index contributed by atoms with van der Waals surface area (Å²) in [6, 6.07) is 20.0. The van der Waals surface area contributed by atoms with Crippen LogP contribution in [0.1, 0.15) is 31.4 Å². The Morgan fingerprint density at radius 2 is 1.57 bits per heavy atom. The van der Waals surface area contributed by atoms with Gasteiger partial charge < -0.3 is 4.74 Å². The fourth-order valence-electron chi connectivity index (χ4n) is 2.84. The van der Waals surface area contributed by atoms with Crippen molar-refractivity contribution in [1.29, 1.82) is 0 Å². The second-order valence-corrected chi connectivity index (χ2v) is 5.94. The monoisotopic (exact) mass is 307 g/mol. The Morgan fingerprint density at radius 1 is 1.09 bits per heavy atom. The molecule has 0 saturated heterocycles. The van der Waals surface area contributed by atoms with Gasteiger partial charge in [0.15, 0.2) is 5.54 Å². The van der Waals surface area contributed by atoms with Crippen LogP contribution in [0, 0.1) is 5.92 Å². The average Bonchev–Trinajstić information content (AvgIpc) is 3.26. The summed E-state index contributed by atoms with van der Waals surface area (Å²) in [6.07, 6.45) is 0.745. The number of ether oxygens (including phenoxy) is 1. The summed E-state index contributed by atoms with van der Waals surface area (Å²) in [5.41, 5.74) is 2.16. The van der Waals surface area contributed by atoms with Crippen LogP contribution in [-0.2, 0) is 9.53 Å². The maximum Gasteiger partial charge on any atom is 0.334 e. The zero-order chi connectivity index (χ0) is 16.3. The Hall–Kier alpha value is -2.42. The molecule has 23 heavy (non-hydrogen) atoms. The van der Waals surface area contributed by atoms with Crippen molar-refractivity contribution in [2.24, 2.45) is 10.9 Å². The zero-order valence-electron chi connectivity index (χ0n) is 13.5. The van der Waals surface area contributed by atoms with Gasteiger partial charge in [-0.05, 0) is 19.3 Å². The summed E-state index contributed by atoms with van der Waals surface area (Å²) in [5.74, 6) is 0.000775. The quantitative estimate of drug-likeness (QED) is 0.621. The number of aliphatic imine (C=N–C) groups is 1. The molecule has 0 aliphatic heterocycles. The number of carbonyl (C=O) groups excluding carboxylic acids is 1. The van der Waals surface area contributed by atoms with Gasteiger partial charge in [0.2, 0.25) is 0 Å². The van der Waals surface area contributed by atoms with E-state index in [-0.39, 0.29) is 11.9 Å². The van der Waals surface area contributed by atoms with Gasteiger partial charge in [-0.25, -0.2) is 4.79 Å². The topological polar surface area (TPSA) is 38.7 Å². The van der Waals surface area contributed by atoms with E-state index in [4.69, 9.17) is 9.73 Å². The van der Waals surface area contributed by atoms with E-state index >= 15 is 0 Å². The SMILES string of the molecule is CCOC(=O)C1(N=C(c2ccccc2)c2ccccc2)C[C@@H]1C. The molecule has 3 heteroatoms. The van der Waals surface area contributed by atoms with Crippen LogP contribution < -0.4 is 0 Å². The van der Waals surface area contributed by atoms with Crippen LogP contribution in [0.2, 0.25) is 0 Å². The third-order valence-corrected chi connectivity index (χ3v) is 4.31. The van der Waals surface area contributed by atoms with Crippen molar-refractivity contribution in [1.82, 2.24) is 0 Å². The van der Waals surface area contributed by atoms with Gasteiger partial charge in [-0.15, -0.1) is 0 Å². The van der Waals surface area contributed by atoms with Crippen molar-refractivity contribution in [3.63, 3.8) is 0 Å². The number of hydrogen-bond acceptors (Lipinski definition) is 3. The van der Waals surface area contributed by atoms with E-state index in [0.29, 0.717) is 6.61 Å². The minimum Gasteiger partial charge on any atom is -0.464 e. The molecule has 0 N–H and O–H groups in total. The Balaban J connectivity index is 2.07. The first-order chi connectivity index (χ1) is 11.2. The first kappa shape index (κ1) is 15.5. The highest BCUT2D eigenvalue weighted by atomic mass is 16.5. The summed E-state index contributed by atoms with van der Waals surface area (Å²) in [4.78, 5) is 17.3. The molecule has 0 spiro atoms. The average molecular weight is 307 g/mol. The van der Waals surface area contributed by atoms with Gasteiger partial charge >= 0.3 is 5.97 Å². The second-order valence-electron chi connectivity index (χ2n) is 5.94. The molecule has 2 atom stereocenters. The number of carbonyl (C=O) groups is 1. The molecular formula is C20H21NO2. The Bertz CT molecular complexity index is 667. The van der Waals surface area contributed by atoms with Crippen LogP contribution >= 0.6 is 0 Å². The molecule has 0 bridgehead atoms. The van der Waals surface area contributed by atoms with E-state index in [1.54, 1.807) is 0 Å². The molecule has 0 amide bonds. The summed E-state index contributed by atoms with van der Waals surface area (Å²) in [7, 11) is 0. The minimum atomic E-state index is -0.725. The molecule has 1 unspecified atom stereocenters.